The van der Waals surface area contributed by atoms with Crippen molar-refractivity contribution < 1.29 is 14.3 Å². The van der Waals surface area contributed by atoms with E-state index in [4.69, 9.17) is 21.1 Å². The first-order chi connectivity index (χ1) is 13.2. The Bertz CT molecular complexity index is 955. The highest BCUT2D eigenvalue weighted by Crippen LogP contribution is 2.30. The summed E-state index contributed by atoms with van der Waals surface area (Å²) in [6.07, 6.45) is 7.41. The number of ether oxygens (including phenoxy) is 2. The molecule has 0 aliphatic rings. The van der Waals surface area contributed by atoms with Gasteiger partial charge in [0.2, 0.25) is 0 Å². The first kappa shape index (κ1) is 18.7. The lowest BCUT2D eigenvalue weighted by Crippen LogP contribution is -2.09. The molecule has 3 rings (SSSR count). The molecule has 0 N–H and O–H groups in total. The van der Waals surface area contributed by atoms with E-state index in [1.807, 2.05) is 43.3 Å². The van der Waals surface area contributed by atoms with E-state index in [1.54, 1.807) is 42.7 Å². The molecule has 3 aromatic rings. The molecule has 0 spiro atoms. The average Bonchev–Trinajstić information content (AvgIpc) is 2.69. The van der Waals surface area contributed by atoms with Gasteiger partial charge in [0.25, 0.3) is 0 Å². The van der Waals surface area contributed by atoms with E-state index in [2.05, 4.69) is 4.98 Å². The quantitative estimate of drug-likeness (QED) is 0.417. The molecule has 0 aliphatic carbocycles. The Hall–Kier alpha value is -3.11. The molecule has 0 fully saturated rings. The van der Waals surface area contributed by atoms with Crippen molar-refractivity contribution in [2.75, 3.05) is 6.61 Å². The van der Waals surface area contributed by atoms with Crippen molar-refractivity contribution in [1.29, 1.82) is 0 Å². The fourth-order valence-electron chi connectivity index (χ4n) is 2.42. The van der Waals surface area contributed by atoms with Crippen LogP contribution in [0.3, 0.4) is 0 Å². The van der Waals surface area contributed by atoms with E-state index >= 15 is 0 Å². The number of carbonyl (C=O) groups is 1. The summed E-state index contributed by atoms with van der Waals surface area (Å²) in [6.45, 7) is 2.33. The first-order valence-electron chi connectivity index (χ1n) is 8.48. The Morgan fingerprint density at radius 2 is 1.78 bits per heavy atom. The van der Waals surface area contributed by atoms with Crippen LogP contribution in [-0.4, -0.2) is 17.6 Å². The molecular weight excluding hydrogens is 362 g/mol. The number of benzene rings is 2. The summed E-state index contributed by atoms with van der Waals surface area (Å²) < 4.78 is 11.1. The molecule has 136 valence electrons. The average molecular weight is 380 g/mol. The highest BCUT2D eigenvalue weighted by molar-refractivity contribution is 6.30. The van der Waals surface area contributed by atoms with Crippen LogP contribution in [0.1, 0.15) is 28.4 Å². The van der Waals surface area contributed by atoms with E-state index in [0.29, 0.717) is 28.7 Å². The van der Waals surface area contributed by atoms with Crippen LogP contribution < -0.4 is 9.47 Å². The summed E-state index contributed by atoms with van der Waals surface area (Å²) in [7, 11) is 0. The number of hydrogen-bond donors (Lipinski definition) is 0. The fourth-order valence-corrected chi connectivity index (χ4v) is 2.61. The second-order valence-electron chi connectivity index (χ2n) is 5.65. The van der Waals surface area contributed by atoms with E-state index in [1.165, 1.54) is 0 Å². The van der Waals surface area contributed by atoms with Crippen molar-refractivity contribution >= 4 is 29.7 Å². The van der Waals surface area contributed by atoms with Gasteiger partial charge < -0.3 is 9.47 Å². The summed E-state index contributed by atoms with van der Waals surface area (Å²) in [5, 5.41) is 0.478. The van der Waals surface area contributed by atoms with Gasteiger partial charge in [-0.3, -0.25) is 4.98 Å². The molecule has 2 aromatic carbocycles. The Labute approximate surface area is 163 Å². The number of rotatable bonds is 6. The first-order valence-corrected chi connectivity index (χ1v) is 8.86. The predicted octanol–water partition coefficient (Wildman–Crippen LogP) is 5.52. The minimum atomic E-state index is -0.487. The largest absolute Gasteiger partial charge is 0.490 e. The van der Waals surface area contributed by atoms with Crippen LogP contribution >= 0.6 is 11.6 Å². The zero-order valence-electron chi connectivity index (χ0n) is 14.8. The minimum absolute atomic E-state index is 0.364. The van der Waals surface area contributed by atoms with Crippen LogP contribution in [0.15, 0.2) is 67.0 Å². The lowest BCUT2D eigenvalue weighted by molar-refractivity contribution is 0.0728. The Morgan fingerprint density at radius 1 is 1.00 bits per heavy atom. The number of pyridine rings is 1. The van der Waals surface area contributed by atoms with Crippen molar-refractivity contribution in [2.24, 2.45) is 0 Å². The van der Waals surface area contributed by atoms with Gasteiger partial charge in [-0.1, -0.05) is 35.9 Å². The van der Waals surface area contributed by atoms with Crippen molar-refractivity contribution in [3.63, 3.8) is 0 Å². The maximum absolute atomic E-state index is 12.4. The molecule has 27 heavy (non-hydrogen) atoms. The monoisotopic (exact) mass is 379 g/mol. The van der Waals surface area contributed by atoms with E-state index in [9.17, 15) is 4.79 Å². The van der Waals surface area contributed by atoms with Crippen molar-refractivity contribution in [3.05, 3.63) is 88.7 Å². The molecule has 0 aliphatic heterocycles. The van der Waals surface area contributed by atoms with Crippen LogP contribution in [0, 0.1) is 0 Å². The second kappa shape index (κ2) is 9.01. The Balaban J connectivity index is 1.81. The summed E-state index contributed by atoms with van der Waals surface area (Å²) in [4.78, 5) is 16.4. The molecule has 0 radical (unpaired) electrons. The van der Waals surface area contributed by atoms with Gasteiger partial charge in [0, 0.05) is 17.4 Å². The van der Waals surface area contributed by atoms with Crippen LogP contribution in [0.5, 0.6) is 11.5 Å². The molecule has 0 saturated carbocycles. The SMILES string of the molecule is CCOc1cc(/C=C/c2ccncc2)ccc1OC(=O)c1cccc(Cl)c1. The molecule has 0 saturated heterocycles. The molecule has 0 bridgehead atoms. The molecule has 0 unspecified atom stereocenters. The predicted molar refractivity (Wildman–Crippen MR) is 107 cm³/mol. The maximum Gasteiger partial charge on any atom is 0.343 e. The molecule has 0 amide bonds. The number of nitrogens with zero attached hydrogens (tertiary/aromatic N) is 1. The zero-order chi connectivity index (χ0) is 19.1. The van der Waals surface area contributed by atoms with Gasteiger partial charge in [-0.15, -0.1) is 0 Å². The maximum atomic E-state index is 12.4. The van der Waals surface area contributed by atoms with Crippen LogP contribution in [0.25, 0.3) is 12.2 Å². The highest BCUT2D eigenvalue weighted by atomic mass is 35.5. The van der Waals surface area contributed by atoms with Crippen molar-refractivity contribution in [2.45, 2.75) is 6.92 Å². The second-order valence-corrected chi connectivity index (χ2v) is 6.09. The zero-order valence-corrected chi connectivity index (χ0v) is 15.5. The van der Waals surface area contributed by atoms with Gasteiger partial charge >= 0.3 is 5.97 Å². The smallest absolute Gasteiger partial charge is 0.343 e. The topological polar surface area (TPSA) is 48.4 Å². The molecule has 1 aromatic heterocycles. The lowest BCUT2D eigenvalue weighted by atomic mass is 10.1. The Morgan fingerprint density at radius 3 is 2.52 bits per heavy atom. The van der Waals surface area contributed by atoms with Gasteiger partial charge in [0.1, 0.15) is 0 Å². The van der Waals surface area contributed by atoms with E-state index < -0.39 is 5.97 Å². The van der Waals surface area contributed by atoms with Crippen molar-refractivity contribution in [3.8, 4) is 11.5 Å². The minimum Gasteiger partial charge on any atom is -0.490 e. The van der Waals surface area contributed by atoms with Gasteiger partial charge in [0.05, 0.1) is 12.2 Å². The van der Waals surface area contributed by atoms with Gasteiger partial charge in [-0.25, -0.2) is 4.79 Å². The summed E-state index contributed by atoms with van der Waals surface area (Å²) >= 11 is 5.93. The standard InChI is InChI=1S/C22H18ClNO3/c1-2-26-21-14-17(7-6-16-10-12-24-13-11-16)8-9-20(21)27-22(25)18-4-3-5-19(23)15-18/h3-15H,2H2,1H3/b7-6+. The van der Waals surface area contributed by atoms with Crippen LogP contribution in [-0.2, 0) is 0 Å². The number of esters is 1. The molecule has 1 heterocycles. The van der Waals surface area contributed by atoms with Crippen LogP contribution in [0.4, 0.5) is 0 Å². The summed E-state index contributed by atoms with van der Waals surface area (Å²) in [5.41, 5.74) is 2.35. The molecule has 5 heteroatoms. The Kier molecular flexibility index (Phi) is 6.23. The fraction of sp³-hybridized carbons (Fsp3) is 0.0909. The van der Waals surface area contributed by atoms with Gasteiger partial charge in [0.15, 0.2) is 11.5 Å². The van der Waals surface area contributed by atoms with Crippen molar-refractivity contribution in [1.82, 2.24) is 4.98 Å². The number of hydrogen-bond acceptors (Lipinski definition) is 4. The molecule has 0 atom stereocenters. The third-order valence-electron chi connectivity index (χ3n) is 3.70. The highest BCUT2D eigenvalue weighted by Gasteiger charge is 2.13. The number of aromatic nitrogens is 1. The summed E-state index contributed by atoms with van der Waals surface area (Å²) in [5.74, 6) is 0.381. The van der Waals surface area contributed by atoms with Gasteiger partial charge in [-0.2, -0.15) is 0 Å². The lowest BCUT2D eigenvalue weighted by Gasteiger charge is -2.11. The normalized spacial score (nSPS) is 10.7. The third kappa shape index (κ3) is 5.19. The number of halogens is 1. The third-order valence-corrected chi connectivity index (χ3v) is 3.94. The summed E-state index contributed by atoms with van der Waals surface area (Å²) in [6, 6.07) is 15.9. The molecule has 4 nitrogen and oxygen atoms in total. The van der Waals surface area contributed by atoms with E-state index in [-0.39, 0.29) is 0 Å². The van der Waals surface area contributed by atoms with E-state index in [0.717, 1.165) is 11.1 Å². The molecular formula is C22H18ClNO3. The van der Waals surface area contributed by atoms with Gasteiger partial charge in [-0.05, 0) is 60.5 Å². The van der Waals surface area contributed by atoms with Crippen LogP contribution in [0.2, 0.25) is 5.02 Å². The number of carbonyl (C=O) groups excluding carboxylic acids is 1.